The number of azo groups is 1. The molecule has 1 aromatic rings. The van der Waals surface area contributed by atoms with Crippen LogP contribution in [0.1, 0.15) is 6.92 Å². The third kappa shape index (κ3) is 5.25. The number of aromatic nitrogens is 1. The minimum absolute atomic E-state index is 0.0296. The molecule has 1 unspecified atom stereocenters. The van der Waals surface area contributed by atoms with Crippen molar-refractivity contribution in [1.82, 2.24) is 9.47 Å². The first-order valence-corrected chi connectivity index (χ1v) is 7.71. The van der Waals surface area contributed by atoms with Crippen LogP contribution < -0.4 is 5.49 Å². The Balaban J connectivity index is 2.10. The topological polar surface area (TPSA) is 98.1 Å². The zero-order valence-electron chi connectivity index (χ0n) is 13.6. The number of pyridine rings is 1. The molecule has 1 aliphatic heterocycles. The molecule has 8 heteroatoms. The number of aliphatic hydroxyl groups excluding tert-OH is 2. The molecular weight excluding hydrogens is 308 g/mol. The van der Waals surface area contributed by atoms with Gasteiger partial charge in [0.2, 0.25) is 0 Å². The van der Waals surface area contributed by atoms with Crippen molar-refractivity contribution in [2.24, 2.45) is 20.4 Å². The van der Waals surface area contributed by atoms with Gasteiger partial charge in [-0.05, 0) is 31.2 Å². The maximum atomic E-state index is 9.06. The van der Waals surface area contributed by atoms with Crippen LogP contribution in [0.15, 0.2) is 69.3 Å². The summed E-state index contributed by atoms with van der Waals surface area (Å²) < 4.78 is 1.80. The van der Waals surface area contributed by atoms with Crippen molar-refractivity contribution in [2.45, 2.75) is 19.6 Å². The van der Waals surface area contributed by atoms with Crippen molar-refractivity contribution in [2.75, 3.05) is 19.8 Å². The molecule has 24 heavy (non-hydrogen) atoms. The zero-order valence-corrected chi connectivity index (χ0v) is 13.6. The largest absolute Gasteiger partial charge is 0.395 e. The molecule has 1 atom stereocenters. The lowest BCUT2D eigenvalue weighted by Crippen LogP contribution is -2.31. The summed E-state index contributed by atoms with van der Waals surface area (Å²) in [4.78, 5) is 1.88. The van der Waals surface area contributed by atoms with Crippen molar-refractivity contribution < 1.29 is 10.2 Å². The van der Waals surface area contributed by atoms with Crippen molar-refractivity contribution in [3.8, 4) is 0 Å². The van der Waals surface area contributed by atoms with E-state index in [2.05, 4.69) is 20.4 Å². The molecule has 128 valence electrons. The highest BCUT2D eigenvalue weighted by atomic mass is 16.3. The average Bonchev–Trinajstić information content (AvgIpc) is 2.61. The van der Waals surface area contributed by atoms with Crippen LogP contribution in [0.2, 0.25) is 0 Å². The Bertz CT molecular complexity index is 705. The van der Waals surface area contributed by atoms with Crippen molar-refractivity contribution in [3.05, 3.63) is 54.3 Å². The van der Waals surface area contributed by atoms with Gasteiger partial charge in [0.25, 0.3) is 0 Å². The highest BCUT2D eigenvalue weighted by molar-refractivity contribution is 5.79. The first-order chi connectivity index (χ1) is 11.7. The summed E-state index contributed by atoms with van der Waals surface area (Å²) >= 11 is 0. The molecule has 1 aliphatic rings. The van der Waals surface area contributed by atoms with Gasteiger partial charge in [-0.2, -0.15) is 5.11 Å². The van der Waals surface area contributed by atoms with Crippen LogP contribution in [-0.2, 0) is 6.54 Å². The van der Waals surface area contributed by atoms with E-state index >= 15 is 0 Å². The van der Waals surface area contributed by atoms with Crippen LogP contribution in [-0.4, -0.2) is 51.4 Å². The average molecular weight is 330 g/mol. The summed E-state index contributed by atoms with van der Waals surface area (Å²) in [6.45, 7) is 2.72. The van der Waals surface area contributed by atoms with Crippen LogP contribution in [0.25, 0.3) is 0 Å². The first kappa shape index (κ1) is 17.8. The van der Waals surface area contributed by atoms with E-state index in [-0.39, 0.29) is 19.4 Å². The van der Waals surface area contributed by atoms with Crippen LogP contribution in [0, 0.1) is 0 Å². The first-order valence-electron chi connectivity index (χ1n) is 7.71. The SMILES string of the molecule is C/C(N=NC1C=CC=CN1CCO)=N\N=c1/ccccn1CCO. The highest BCUT2D eigenvalue weighted by Gasteiger charge is 2.12. The molecule has 0 fully saturated rings. The van der Waals surface area contributed by atoms with E-state index in [0.29, 0.717) is 24.4 Å². The molecule has 0 saturated carbocycles. The summed E-state index contributed by atoms with van der Waals surface area (Å²) in [6, 6.07) is 5.52. The third-order valence-electron chi connectivity index (χ3n) is 3.25. The smallest absolute Gasteiger partial charge is 0.170 e. The molecular formula is C16H22N6O2. The van der Waals surface area contributed by atoms with Crippen molar-refractivity contribution in [1.29, 1.82) is 0 Å². The van der Waals surface area contributed by atoms with Gasteiger partial charge in [0.05, 0.1) is 13.2 Å². The molecule has 0 spiro atoms. The lowest BCUT2D eigenvalue weighted by Gasteiger charge is -2.25. The molecule has 8 nitrogen and oxygen atoms in total. The molecule has 2 rings (SSSR count). The van der Waals surface area contributed by atoms with Crippen molar-refractivity contribution >= 4 is 5.84 Å². The highest BCUT2D eigenvalue weighted by Crippen LogP contribution is 2.09. The minimum atomic E-state index is -0.261. The Hall–Kier alpha value is -2.58. The van der Waals surface area contributed by atoms with E-state index in [0.717, 1.165) is 0 Å². The van der Waals surface area contributed by atoms with Gasteiger partial charge >= 0.3 is 0 Å². The number of rotatable bonds is 6. The number of amidine groups is 1. The van der Waals surface area contributed by atoms with Gasteiger partial charge in [0.1, 0.15) is 0 Å². The van der Waals surface area contributed by atoms with Gasteiger partial charge in [-0.25, -0.2) is 0 Å². The number of hydrogen-bond donors (Lipinski definition) is 2. The fourth-order valence-corrected chi connectivity index (χ4v) is 2.09. The Labute approximate surface area is 140 Å². The molecule has 0 aromatic carbocycles. The molecule has 0 radical (unpaired) electrons. The Morgan fingerprint density at radius 3 is 2.79 bits per heavy atom. The van der Waals surface area contributed by atoms with Gasteiger partial charge in [-0.1, -0.05) is 12.1 Å². The lowest BCUT2D eigenvalue weighted by molar-refractivity contribution is 0.216. The predicted octanol–water partition coefficient (Wildman–Crippen LogP) is 0.871. The monoisotopic (exact) mass is 330 g/mol. The second-order valence-electron chi connectivity index (χ2n) is 5.04. The number of allylic oxidation sites excluding steroid dienone is 2. The van der Waals surface area contributed by atoms with Crippen LogP contribution in [0.5, 0.6) is 0 Å². The normalized spacial score (nSPS) is 18.8. The van der Waals surface area contributed by atoms with Gasteiger partial charge < -0.3 is 19.7 Å². The fourth-order valence-electron chi connectivity index (χ4n) is 2.09. The summed E-state index contributed by atoms with van der Waals surface area (Å²) in [7, 11) is 0. The molecule has 2 heterocycles. The van der Waals surface area contributed by atoms with E-state index in [4.69, 9.17) is 10.2 Å². The summed E-state index contributed by atoms with van der Waals surface area (Å²) in [5.41, 5.74) is 0.628. The maximum absolute atomic E-state index is 9.06. The second kappa shape index (κ2) is 9.53. The molecule has 0 saturated heterocycles. The Kier molecular flexibility index (Phi) is 7.06. The lowest BCUT2D eigenvalue weighted by atomic mass is 10.3. The molecule has 0 aliphatic carbocycles. The summed E-state index contributed by atoms with van der Waals surface area (Å²) in [5.74, 6) is 0.418. The predicted molar refractivity (Wildman–Crippen MR) is 90.9 cm³/mol. The molecule has 1 aromatic heterocycles. The Morgan fingerprint density at radius 2 is 2.00 bits per heavy atom. The third-order valence-corrected chi connectivity index (χ3v) is 3.25. The van der Waals surface area contributed by atoms with Crippen LogP contribution in [0.3, 0.4) is 0 Å². The van der Waals surface area contributed by atoms with Gasteiger partial charge in [-0.15, -0.1) is 15.3 Å². The van der Waals surface area contributed by atoms with Gasteiger partial charge in [0.15, 0.2) is 17.5 Å². The number of β-amino-alcohol motifs (C(OH)–C–C–N with tert-alkyl or cyclic N) is 1. The number of nitrogens with zero attached hydrogens (tertiary/aromatic N) is 6. The maximum Gasteiger partial charge on any atom is 0.170 e. The molecule has 0 amide bonds. The van der Waals surface area contributed by atoms with E-state index in [1.165, 1.54) is 0 Å². The summed E-state index contributed by atoms with van der Waals surface area (Å²) in [6.07, 6.45) is 9.08. The quantitative estimate of drug-likeness (QED) is 0.350. The van der Waals surface area contributed by atoms with Crippen molar-refractivity contribution in [3.63, 3.8) is 0 Å². The fraction of sp³-hybridized carbons (Fsp3) is 0.375. The standard InChI is InChI=1S/C16H22N6O2/c1-14(17-19-15-6-2-4-8-21(15)10-12-23)18-20-16-7-3-5-9-22(16)11-13-24/h2-9,15,23-24H,10-13H2,1H3/b18-14+,19-17?,20-16+. The van der Waals surface area contributed by atoms with Crippen LogP contribution >= 0.6 is 0 Å². The molecule has 0 bridgehead atoms. The Morgan fingerprint density at radius 1 is 1.17 bits per heavy atom. The van der Waals surface area contributed by atoms with E-state index in [1.807, 2.05) is 47.7 Å². The number of aliphatic hydroxyl groups is 2. The van der Waals surface area contributed by atoms with Gasteiger partial charge in [0, 0.05) is 25.5 Å². The van der Waals surface area contributed by atoms with E-state index in [1.54, 1.807) is 17.6 Å². The summed E-state index contributed by atoms with van der Waals surface area (Å²) in [5, 5.41) is 34.6. The minimum Gasteiger partial charge on any atom is -0.395 e. The van der Waals surface area contributed by atoms with Crippen LogP contribution in [0.4, 0.5) is 0 Å². The number of hydrogen-bond acceptors (Lipinski definition) is 6. The second-order valence-corrected chi connectivity index (χ2v) is 5.04. The van der Waals surface area contributed by atoms with Gasteiger partial charge in [-0.3, -0.25) is 0 Å². The van der Waals surface area contributed by atoms with E-state index in [9.17, 15) is 0 Å². The molecule has 2 N–H and O–H groups in total. The van der Waals surface area contributed by atoms with E-state index < -0.39 is 0 Å². The zero-order chi connectivity index (χ0) is 17.2.